The number of fused-ring (bicyclic) bond motifs is 1. The lowest BCUT2D eigenvalue weighted by Gasteiger charge is -2.25. The van der Waals surface area contributed by atoms with Gasteiger partial charge in [0.2, 0.25) is 0 Å². The number of likely N-dealkylation sites (tertiary alicyclic amines) is 1. The van der Waals surface area contributed by atoms with Crippen molar-refractivity contribution in [3.8, 4) is 11.5 Å². The summed E-state index contributed by atoms with van der Waals surface area (Å²) in [6, 6.07) is 19.3. The van der Waals surface area contributed by atoms with Crippen molar-refractivity contribution in [2.24, 2.45) is 0 Å². The number of benzene rings is 3. The van der Waals surface area contributed by atoms with E-state index in [1.54, 1.807) is 36.3 Å². The summed E-state index contributed by atoms with van der Waals surface area (Å²) in [5, 5.41) is 12.3. The Hall–Kier alpha value is -4.04. The maximum atomic E-state index is 13.4. The zero-order chi connectivity index (χ0) is 26.8. The van der Waals surface area contributed by atoms with E-state index in [0.717, 1.165) is 26.7 Å². The topological polar surface area (TPSA) is 91.9 Å². The Bertz CT molecular complexity index is 1520. The second kappa shape index (κ2) is 10.8. The van der Waals surface area contributed by atoms with Gasteiger partial charge >= 0.3 is 0 Å². The van der Waals surface area contributed by atoms with Crippen LogP contribution in [-0.2, 0) is 16.0 Å². The maximum absolute atomic E-state index is 13.4. The zero-order valence-corrected chi connectivity index (χ0v) is 22.6. The fraction of sp³-hybridized carbons (Fsp3) is 0.200. The number of ketones is 1. The number of ether oxygens (including phenoxy) is 2. The third kappa shape index (κ3) is 4.79. The number of halogens is 1. The van der Waals surface area contributed by atoms with Crippen LogP contribution in [0.2, 0.25) is 0 Å². The van der Waals surface area contributed by atoms with Gasteiger partial charge in [0.05, 0.1) is 25.3 Å². The van der Waals surface area contributed by atoms with Gasteiger partial charge in [-0.1, -0.05) is 40.2 Å². The number of aromatic nitrogens is 1. The third-order valence-corrected chi connectivity index (χ3v) is 7.29. The molecule has 0 spiro atoms. The molecule has 1 aliphatic heterocycles. The number of nitrogens with one attached hydrogen (secondary N) is 1. The minimum Gasteiger partial charge on any atom is -0.507 e. The summed E-state index contributed by atoms with van der Waals surface area (Å²) in [5.74, 6) is -0.115. The molecule has 0 aliphatic carbocycles. The van der Waals surface area contributed by atoms with Crippen LogP contribution in [0, 0.1) is 0 Å². The molecule has 2 N–H and O–H groups in total. The van der Waals surface area contributed by atoms with Crippen molar-refractivity contribution in [2.75, 3.05) is 20.3 Å². The summed E-state index contributed by atoms with van der Waals surface area (Å²) < 4.78 is 11.8. The average Bonchev–Trinajstić information content (AvgIpc) is 3.45. The molecule has 2 heterocycles. The number of H-pyrrole nitrogens is 1. The summed E-state index contributed by atoms with van der Waals surface area (Å²) >= 11 is 3.39. The first-order valence-electron chi connectivity index (χ1n) is 12.3. The Kier molecular flexibility index (Phi) is 7.24. The molecule has 5 rings (SSSR count). The lowest BCUT2D eigenvalue weighted by atomic mass is 9.95. The lowest BCUT2D eigenvalue weighted by molar-refractivity contribution is -0.139. The van der Waals surface area contributed by atoms with E-state index in [2.05, 4.69) is 20.9 Å². The number of hydrogen-bond donors (Lipinski definition) is 2. The zero-order valence-electron chi connectivity index (χ0n) is 21.0. The van der Waals surface area contributed by atoms with Gasteiger partial charge in [-0.3, -0.25) is 9.59 Å². The standard InChI is InChI=1S/C30H27BrN2O5/c1-3-38-22-10-6-18(7-11-22)27-26(28(34)19-4-8-21(31)9-5-19)29(35)30(36)33(27)15-14-20-17-32-25-13-12-23(37-2)16-24(20)25/h4-13,16-17,27,32,34H,3,14-15H2,1-2H3/b28-26-. The second-order valence-electron chi connectivity index (χ2n) is 8.98. The Balaban J connectivity index is 1.54. The highest BCUT2D eigenvalue weighted by Gasteiger charge is 2.45. The van der Waals surface area contributed by atoms with Crippen LogP contribution in [0.1, 0.15) is 29.7 Å². The van der Waals surface area contributed by atoms with Gasteiger partial charge in [0.1, 0.15) is 17.3 Å². The Morgan fingerprint density at radius 2 is 1.74 bits per heavy atom. The largest absolute Gasteiger partial charge is 0.507 e. The monoisotopic (exact) mass is 574 g/mol. The molecule has 1 fully saturated rings. The van der Waals surface area contributed by atoms with Gasteiger partial charge in [0.15, 0.2) is 0 Å². The maximum Gasteiger partial charge on any atom is 0.295 e. The third-order valence-electron chi connectivity index (χ3n) is 6.76. The fourth-order valence-corrected chi connectivity index (χ4v) is 5.13. The van der Waals surface area contributed by atoms with E-state index in [0.29, 0.717) is 29.9 Å². The van der Waals surface area contributed by atoms with Crippen LogP contribution in [0.3, 0.4) is 0 Å². The first kappa shape index (κ1) is 25.6. The van der Waals surface area contributed by atoms with Crippen molar-refractivity contribution >= 4 is 44.3 Å². The Labute approximate surface area is 228 Å². The predicted octanol–water partition coefficient (Wildman–Crippen LogP) is 6.00. The van der Waals surface area contributed by atoms with E-state index in [9.17, 15) is 14.7 Å². The number of carbonyl (C=O) groups is 2. The first-order valence-corrected chi connectivity index (χ1v) is 13.1. The molecule has 1 aromatic heterocycles. The summed E-state index contributed by atoms with van der Waals surface area (Å²) in [4.78, 5) is 31.5. The fourth-order valence-electron chi connectivity index (χ4n) is 4.87. The van der Waals surface area contributed by atoms with Gasteiger partial charge in [-0.05, 0) is 66.9 Å². The predicted molar refractivity (Wildman–Crippen MR) is 149 cm³/mol. The summed E-state index contributed by atoms with van der Waals surface area (Å²) in [6.07, 6.45) is 2.42. The molecule has 1 aliphatic rings. The van der Waals surface area contributed by atoms with Crippen molar-refractivity contribution in [3.63, 3.8) is 0 Å². The molecule has 3 aromatic carbocycles. The molecular weight excluding hydrogens is 548 g/mol. The van der Waals surface area contributed by atoms with Gasteiger partial charge in [0, 0.05) is 33.7 Å². The summed E-state index contributed by atoms with van der Waals surface area (Å²) in [6.45, 7) is 2.71. The molecule has 194 valence electrons. The van der Waals surface area contributed by atoms with Crippen molar-refractivity contribution in [3.05, 3.63) is 99.7 Å². The van der Waals surface area contributed by atoms with E-state index in [4.69, 9.17) is 9.47 Å². The van der Waals surface area contributed by atoms with Crippen LogP contribution >= 0.6 is 15.9 Å². The molecule has 0 radical (unpaired) electrons. The lowest BCUT2D eigenvalue weighted by Crippen LogP contribution is -2.31. The SMILES string of the molecule is CCOc1ccc(C2/C(=C(/O)c3ccc(Br)cc3)C(=O)C(=O)N2CCc2c[nH]c3ccc(OC)cc23)cc1. The molecule has 0 saturated carbocycles. The molecule has 38 heavy (non-hydrogen) atoms. The van der Waals surface area contributed by atoms with Crippen LogP contribution in [0.5, 0.6) is 11.5 Å². The molecule has 4 aromatic rings. The van der Waals surface area contributed by atoms with Crippen LogP contribution in [0.4, 0.5) is 0 Å². The van der Waals surface area contributed by atoms with E-state index in [1.807, 2.05) is 55.6 Å². The van der Waals surface area contributed by atoms with Gasteiger partial charge in [-0.25, -0.2) is 0 Å². The number of carbonyl (C=O) groups excluding carboxylic acids is 2. The average molecular weight is 575 g/mol. The van der Waals surface area contributed by atoms with Crippen molar-refractivity contribution in [1.29, 1.82) is 0 Å². The van der Waals surface area contributed by atoms with E-state index < -0.39 is 17.7 Å². The Morgan fingerprint density at radius 3 is 2.42 bits per heavy atom. The highest BCUT2D eigenvalue weighted by molar-refractivity contribution is 9.10. The highest BCUT2D eigenvalue weighted by atomic mass is 79.9. The van der Waals surface area contributed by atoms with Crippen LogP contribution in [0.15, 0.2) is 83.0 Å². The van der Waals surface area contributed by atoms with Crippen molar-refractivity contribution in [2.45, 2.75) is 19.4 Å². The quantitative estimate of drug-likeness (QED) is 0.153. The van der Waals surface area contributed by atoms with Crippen molar-refractivity contribution in [1.82, 2.24) is 9.88 Å². The summed E-state index contributed by atoms with van der Waals surface area (Å²) in [7, 11) is 1.62. The first-order chi connectivity index (χ1) is 18.4. The van der Waals surface area contributed by atoms with E-state index >= 15 is 0 Å². The molecule has 8 heteroatoms. The van der Waals surface area contributed by atoms with Gasteiger partial charge in [0.25, 0.3) is 11.7 Å². The van der Waals surface area contributed by atoms with Gasteiger partial charge < -0.3 is 24.5 Å². The van der Waals surface area contributed by atoms with Crippen LogP contribution in [-0.4, -0.2) is 46.9 Å². The highest BCUT2D eigenvalue weighted by Crippen LogP contribution is 2.40. The van der Waals surface area contributed by atoms with Crippen molar-refractivity contribution < 1.29 is 24.2 Å². The number of Topliss-reactive ketones (excluding diaryl/α,β-unsaturated/α-hetero) is 1. The smallest absolute Gasteiger partial charge is 0.295 e. The van der Waals surface area contributed by atoms with Gasteiger partial charge in [-0.15, -0.1) is 0 Å². The number of hydrogen-bond acceptors (Lipinski definition) is 5. The minimum absolute atomic E-state index is 0.0714. The van der Waals surface area contributed by atoms with E-state index in [-0.39, 0.29) is 17.9 Å². The number of aromatic amines is 1. The van der Waals surface area contributed by atoms with Gasteiger partial charge in [-0.2, -0.15) is 0 Å². The normalized spacial score (nSPS) is 16.8. The Morgan fingerprint density at radius 1 is 1.03 bits per heavy atom. The van der Waals surface area contributed by atoms with E-state index in [1.165, 1.54) is 0 Å². The van der Waals surface area contributed by atoms with Crippen LogP contribution < -0.4 is 9.47 Å². The number of nitrogens with zero attached hydrogens (tertiary/aromatic N) is 1. The molecule has 1 atom stereocenters. The molecule has 1 saturated heterocycles. The molecule has 7 nitrogen and oxygen atoms in total. The molecular formula is C30H27BrN2O5. The number of rotatable bonds is 8. The molecule has 1 amide bonds. The molecule has 0 bridgehead atoms. The number of aliphatic hydroxyl groups is 1. The molecule has 1 unspecified atom stereocenters. The number of methoxy groups -OCH3 is 1. The number of amides is 1. The number of aliphatic hydroxyl groups excluding tert-OH is 1. The second-order valence-corrected chi connectivity index (χ2v) is 9.89. The summed E-state index contributed by atoms with van der Waals surface area (Å²) in [5.41, 5.74) is 3.21. The van der Waals surface area contributed by atoms with Crippen LogP contribution in [0.25, 0.3) is 16.7 Å². The minimum atomic E-state index is -0.742.